The summed E-state index contributed by atoms with van der Waals surface area (Å²) < 4.78 is 1.55. The van der Waals surface area contributed by atoms with Crippen LogP contribution in [0.5, 0.6) is 0 Å². The molecule has 3 rings (SSSR count). The third kappa shape index (κ3) is 4.66. The minimum Gasteiger partial charge on any atom is -0.347 e. The van der Waals surface area contributed by atoms with E-state index in [1.54, 1.807) is 4.52 Å². The molecule has 0 saturated carbocycles. The zero-order valence-electron chi connectivity index (χ0n) is 13.8. The highest BCUT2D eigenvalue weighted by molar-refractivity contribution is 5.90. The number of nitrogens with one attached hydrogen (secondary N) is 1. The first kappa shape index (κ1) is 20.8. The molecule has 0 aliphatic carbocycles. The van der Waals surface area contributed by atoms with Crippen molar-refractivity contribution in [1.29, 1.82) is 0 Å². The molecular weight excluding hydrogens is 363 g/mol. The number of hydrogen-bond acceptors (Lipinski definition) is 5. The Balaban J connectivity index is 0.00000156. The second kappa shape index (κ2) is 8.75. The number of carbonyl (C=O) groups excluding carboxylic acids is 1. The van der Waals surface area contributed by atoms with Gasteiger partial charge in [0, 0.05) is 24.0 Å². The lowest BCUT2D eigenvalue weighted by Crippen LogP contribution is -2.32. The van der Waals surface area contributed by atoms with Crippen molar-refractivity contribution in [3.63, 3.8) is 0 Å². The van der Waals surface area contributed by atoms with Crippen molar-refractivity contribution >= 4 is 36.5 Å². The number of nitrogens with zero attached hydrogens (tertiary/aromatic N) is 4. The fraction of sp³-hybridized carbons (Fsp3) is 0.250. The van der Waals surface area contributed by atoms with Crippen LogP contribution in [0, 0.1) is 13.8 Å². The van der Waals surface area contributed by atoms with E-state index in [1.807, 2.05) is 50.2 Å². The van der Waals surface area contributed by atoms with Gasteiger partial charge in [0.05, 0.1) is 0 Å². The van der Waals surface area contributed by atoms with Gasteiger partial charge < -0.3 is 11.1 Å². The average molecular weight is 383 g/mol. The lowest BCUT2D eigenvalue weighted by Gasteiger charge is -2.12. The minimum atomic E-state index is -0.362. The lowest BCUT2D eigenvalue weighted by molar-refractivity contribution is 0.0941. The van der Waals surface area contributed by atoms with Crippen LogP contribution in [0.3, 0.4) is 0 Å². The molecule has 1 amide bonds. The van der Waals surface area contributed by atoms with Crippen LogP contribution in [0.25, 0.3) is 5.78 Å². The Bertz CT molecular complexity index is 852. The Labute approximate surface area is 157 Å². The van der Waals surface area contributed by atoms with E-state index in [4.69, 9.17) is 5.73 Å². The second-order valence-corrected chi connectivity index (χ2v) is 5.41. The number of halogens is 2. The van der Waals surface area contributed by atoms with E-state index >= 15 is 0 Å². The van der Waals surface area contributed by atoms with Crippen LogP contribution in [0.15, 0.2) is 36.4 Å². The third-order valence-electron chi connectivity index (χ3n) is 3.53. The normalized spacial score (nSPS) is 11.3. The number of aryl methyl sites for hydroxylation is 2. The van der Waals surface area contributed by atoms with Gasteiger partial charge in [0.25, 0.3) is 11.7 Å². The summed E-state index contributed by atoms with van der Waals surface area (Å²) in [6.07, 6.45) is 0. The molecule has 0 aliphatic heterocycles. The zero-order valence-corrected chi connectivity index (χ0v) is 15.5. The van der Waals surface area contributed by atoms with Crippen LogP contribution in [0.2, 0.25) is 0 Å². The van der Waals surface area contributed by atoms with Crippen molar-refractivity contribution in [2.45, 2.75) is 19.9 Å². The molecule has 1 unspecified atom stereocenters. The van der Waals surface area contributed by atoms with Gasteiger partial charge in [-0.25, -0.2) is 9.50 Å². The summed E-state index contributed by atoms with van der Waals surface area (Å²) in [5, 5.41) is 6.96. The molecule has 0 aliphatic rings. The third-order valence-corrected chi connectivity index (χ3v) is 3.53. The summed E-state index contributed by atoms with van der Waals surface area (Å²) in [5.41, 5.74) is 8.74. The topological polar surface area (TPSA) is 98.2 Å². The van der Waals surface area contributed by atoms with E-state index in [-0.39, 0.29) is 42.6 Å². The first-order valence-electron chi connectivity index (χ1n) is 7.34. The maximum Gasteiger partial charge on any atom is 0.291 e. The van der Waals surface area contributed by atoms with Gasteiger partial charge in [0.15, 0.2) is 0 Å². The van der Waals surface area contributed by atoms with Gasteiger partial charge in [-0.2, -0.15) is 4.98 Å². The number of aromatic nitrogens is 4. The Morgan fingerprint density at radius 2 is 1.88 bits per heavy atom. The highest BCUT2D eigenvalue weighted by atomic mass is 35.5. The molecule has 0 spiro atoms. The highest BCUT2D eigenvalue weighted by Crippen LogP contribution is 2.09. The van der Waals surface area contributed by atoms with Crippen LogP contribution in [0.4, 0.5) is 0 Å². The number of hydrogen-bond donors (Lipinski definition) is 2. The summed E-state index contributed by atoms with van der Waals surface area (Å²) in [6.45, 7) is 4.08. The van der Waals surface area contributed by atoms with Crippen molar-refractivity contribution in [2.24, 2.45) is 5.73 Å². The first-order valence-corrected chi connectivity index (χ1v) is 7.34. The van der Waals surface area contributed by atoms with E-state index in [0.29, 0.717) is 12.3 Å². The summed E-state index contributed by atoms with van der Waals surface area (Å²) in [7, 11) is 0. The molecule has 3 aromatic rings. The summed E-state index contributed by atoms with van der Waals surface area (Å²) in [5.74, 6) is 0.144. The Kier molecular flexibility index (Phi) is 7.29. The maximum atomic E-state index is 12.2. The van der Waals surface area contributed by atoms with Crippen molar-refractivity contribution in [1.82, 2.24) is 24.9 Å². The van der Waals surface area contributed by atoms with Gasteiger partial charge in [-0.3, -0.25) is 4.79 Å². The number of amides is 1. The number of nitrogens with two attached hydrogens (primary N) is 1. The van der Waals surface area contributed by atoms with Crippen molar-refractivity contribution < 1.29 is 4.79 Å². The summed E-state index contributed by atoms with van der Waals surface area (Å²) in [6, 6.07) is 11.2. The van der Waals surface area contributed by atoms with Gasteiger partial charge in [0.2, 0.25) is 5.82 Å². The monoisotopic (exact) mass is 382 g/mol. The quantitative estimate of drug-likeness (QED) is 0.718. The standard InChI is InChI=1S/C16H18N6O.2ClH/c1-10-8-11(2)22-16(19-10)20-14(21-22)15(23)18-9-13(17)12-6-4-3-5-7-12;;/h3-8,13H,9,17H2,1-2H3,(H,18,23);2*1H. The average Bonchev–Trinajstić information content (AvgIpc) is 2.97. The number of carbonyl (C=O) groups is 1. The molecule has 1 atom stereocenters. The first-order chi connectivity index (χ1) is 11.0. The molecule has 2 heterocycles. The van der Waals surface area contributed by atoms with Gasteiger partial charge in [-0.15, -0.1) is 29.9 Å². The lowest BCUT2D eigenvalue weighted by atomic mass is 10.1. The van der Waals surface area contributed by atoms with Crippen LogP contribution in [0.1, 0.15) is 33.6 Å². The molecule has 0 bridgehead atoms. The Morgan fingerprint density at radius 1 is 1.20 bits per heavy atom. The molecule has 134 valence electrons. The minimum absolute atomic E-state index is 0. The number of fused-ring (bicyclic) bond motifs is 1. The van der Waals surface area contributed by atoms with Crippen molar-refractivity contribution in [3.8, 4) is 0 Å². The van der Waals surface area contributed by atoms with Crippen molar-refractivity contribution in [3.05, 3.63) is 59.2 Å². The molecule has 3 N–H and O–H groups in total. The van der Waals surface area contributed by atoms with Crippen molar-refractivity contribution in [2.75, 3.05) is 6.54 Å². The van der Waals surface area contributed by atoms with Gasteiger partial charge in [-0.1, -0.05) is 30.3 Å². The van der Waals surface area contributed by atoms with E-state index < -0.39 is 0 Å². The molecule has 0 fully saturated rings. The molecule has 9 heteroatoms. The Hall–Kier alpha value is -2.22. The molecular formula is C16H20Cl2N6O. The SMILES string of the molecule is Cc1cc(C)n2nc(C(=O)NCC(N)c3ccccc3)nc2n1.Cl.Cl. The predicted octanol–water partition coefficient (Wildman–Crippen LogP) is 2.01. The fourth-order valence-corrected chi connectivity index (χ4v) is 2.36. The van der Waals surface area contributed by atoms with Crippen LogP contribution in [-0.2, 0) is 0 Å². The maximum absolute atomic E-state index is 12.2. The second-order valence-electron chi connectivity index (χ2n) is 5.41. The molecule has 2 aromatic heterocycles. The Morgan fingerprint density at radius 3 is 2.56 bits per heavy atom. The van der Waals surface area contributed by atoms with Gasteiger partial charge in [0.1, 0.15) is 0 Å². The van der Waals surface area contributed by atoms with E-state index in [1.165, 1.54) is 0 Å². The van der Waals surface area contributed by atoms with Crippen LogP contribution in [-0.4, -0.2) is 32.0 Å². The molecule has 25 heavy (non-hydrogen) atoms. The molecule has 1 aromatic carbocycles. The van der Waals surface area contributed by atoms with Gasteiger partial charge in [-0.05, 0) is 25.5 Å². The smallest absolute Gasteiger partial charge is 0.291 e. The summed E-state index contributed by atoms with van der Waals surface area (Å²) in [4.78, 5) is 20.7. The number of benzene rings is 1. The van der Waals surface area contributed by atoms with Crippen LogP contribution >= 0.6 is 24.8 Å². The molecule has 0 saturated heterocycles. The zero-order chi connectivity index (χ0) is 16.4. The van der Waals surface area contributed by atoms with E-state index in [9.17, 15) is 4.79 Å². The summed E-state index contributed by atoms with van der Waals surface area (Å²) >= 11 is 0. The van der Waals surface area contributed by atoms with Crippen LogP contribution < -0.4 is 11.1 Å². The fourth-order valence-electron chi connectivity index (χ4n) is 2.36. The highest BCUT2D eigenvalue weighted by Gasteiger charge is 2.16. The molecule has 7 nitrogen and oxygen atoms in total. The van der Waals surface area contributed by atoms with Gasteiger partial charge >= 0.3 is 0 Å². The molecule has 0 radical (unpaired) electrons. The van der Waals surface area contributed by atoms with E-state index in [0.717, 1.165) is 17.0 Å². The largest absolute Gasteiger partial charge is 0.347 e. The predicted molar refractivity (Wildman–Crippen MR) is 100 cm³/mol. The number of rotatable bonds is 4. The van der Waals surface area contributed by atoms with E-state index in [2.05, 4.69) is 20.4 Å².